The maximum Gasteiger partial charge on any atom is 0.129 e. The number of nitrogens with zero attached hydrogens (tertiary/aromatic N) is 1. The highest BCUT2D eigenvalue weighted by atomic mass is 16.5. The van der Waals surface area contributed by atoms with E-state index in [1.54, 1.807) is 13.4 Å². The fourth-order valence-electron chi connectivity index (χ4n) is 0.817. The lowest BCUT2D eigenvalue weighted by Crippen LogP contribution is -1.95. The highest BCUT2D eigenvalue weighted by Gasteiger charge is 2.09. The Morgan fingerprint density at radius 2 is 2.40 bits per heavy atom. The minimum Gasteiger partial charge on any atom is -0.377 e. The summed E-state index contributed by atoms with van der Waals surface area (Å²) in [5.74, 6) is 0. The van der Waals surface area contributed by atoms with E-state index in [-0.39, 0.29) is 6.10 Å². The lowest BCUT2D eigenvalue weighted by Gasteiger charge is -2.05. The Balaban J connectivity index is 2.82. The summed E-state index contributed by atoms with van der Waals surface area (Å²) >= 11 is 0. The minimum absolute atomic E-state index is 0.0752. The number of hydrogen-bond donors (Lipinski definition) is 0. The third-order valence-electron chi connectivity index (χ3n) is 1.58. The first-order valence-electron chi connectivity index (χ1n) is 3.19. The maximum atomic E-state index is 5.08. The summed E-state index contributed by atoms with van der Waals surface area (Å²) in [4.78, 5) is 0. The molecule has 56 valence electrons. The fraction of sp³-hybridized carbons (Fsp3) is 0.571. The first-order chi connectivity index (χ1) is 4.75. The monoisotopic (exact) mass is 141 g/mol. The summed E-state index contributed by atoms with van der Waals surface area (Å²) in [7, 11) is 1.66. The average molecular weight is 141 g/mol. The van der Waals surface area contributed by atoms with Gasteiger partial charge in [-0.25, -0.2) is 0 Å². The van der Waals surface area contributed by atoms with Gasteiger partial charge in [-0.1, -0.05) is 5.16 Å². The summed E-state index contributed by atoms with van der Waals surface area (Å²) in [6.45, 7) is 3.86. The predicted molar refractivity (Wildman–Crippen MR) is 36.7 cm³/mol. The van der Waals surface area contributed by atoms with Crippen molar-refractivity contribution in [3.63, 3.8) is 0 Å². The number of aryl methyl sites for hydroxylation is 1. The second-order valence-corrected chi connectivity index (χ2v) is 2.23. The van der Waals surface area contributed by atoms with Crippen LogP contribution in [0.2, 0.25) is 0 Å². The van der Waals surface area contributed by atoms with E-state index in [0.717, 1.165) is 11.3 Å². The predicted octanol–water partition coefficient (Wildman–Crippen LogP) is 1.69. The zero-order chi connectivity index (χ0) is 7.56. The Hall–Kier alpha value is -0.830. The van der Waals surface area contributed by atoms with Crippen molar-refractivity contribution < 1.29 is 9.26 Å². The third-order valence-corrected chi connectivity index (χ3v) is 1.58. The molecule has 0 spiro atoms. The normalized spacial score (nSPS) is 13.5. The molecule has 0 fully saturated rings. The maximum absolute atomic E-state index is 5.08. The van der Waals surface area contributed by atoms with Crippen LogP contribution < -0.4 is 0 Å². The Morgan fingerprint density at radius 3 is 2.80 bits per heavy atom. The first kappa shape index (κ1) is 7.28. The van der Waals surface area contributed by atoms with Crippen molar-refractivity contribution in [3.05, 3.63) is 17.5 Å². The zero-order valence-corrected chi connectivity index (χ0v) is 6.42. The van der Waals surface area contributed by atoms with Crippen LogP contribution in [-0.2, 0) is 4.74 Å². The van der Waals surface area contributed by atoms with Crippen molar-refractivity contribution in [2.24, 2.45) is 0 Å². The van der Waals surface area contributed by atoms with Gasteiger partial charge < -0.3 is 9.26 Å². The van der Waals surface area contributed by atoms with E-state index in [9.17, 15) is 0 Å². The number of ether oxygens (including phenoxy) is 1. The van der Waals surface area contributed by atoms with Gasteiger partial charge in [0.2, 0.25) is 0 Å². The number of rotatable bonds is 2. The summed E-state index contributed by atoms with van der Waals surface area (Å²) in [6, 6.07) is 0. The van der Waals surface area contributed by atoms with Gasteiger partial charge in [-0.2, -0.15) is 0 Å². The van der Waals surface area contributed by atoms with Crippen LogP contribution in [0.4, 0.5) is 0 Å². The molecule has 0 amide bonds. The van der Waals surface area contributed by atoms with Crippen LogP contribution in [0.15, 0.2) is 10.8 Å². The van der Waals surface area contributed by atoms with Crippen LogP contribution in [-0.4, -0.2) is 12.3 Å². The van der Waals surface area contributed by atoms with Gasteiger partial charge in [0, 0.05) is 12.7 Å². The van der Waals surface area contributed by atoms with Crippen LogP contribution in [0, 0.1) is 6.92 Å². The highest BCUT2D eigenvalue weighted by molar-refractivity contribution is 5.14. The molecule has 1 aromatic heterocycles. The van der Waals surface area contributed by atoms with Crippen molar-refractivity contribution in [2.75, 3.05) is 7.11 Å². The van der Waals surface area contributed by atoms with Crippen LogP contribution >= 0.6 is 0 Å². The molecule has 0 aliphatic carbocycles. The first-order valence-corrected chi connectivity index (χ1v) is 3.19. The third kappa shape index (κ3) is 1.19. The zero-order valence-electron chi connectivity index (χ0n) is 6.42. The van der Waals surface area contributed by atoms with E-state index in [0.29, 0.717) is 0 Å². The van der Waals surface area contributed by atoms with Crippen LogP contribution in [0.1, 0.15) is 24.3 Å². The summed E-state index contributed by atoms with van der Waals surface area (Å²) < 4.78 is 9.81. The average Bonchev–Trinajstić information content (AvgIpc) is 2.34. The molecule has 0 aliphatic rings. The topological polar surface area (TPSA) is 35.3 Å². The summed E-state index contributed by atoms with van der Waals surface area (Å²) in [6.07, 6.45) is 1.69. The molecule has 10 heavy (non-hydrogen) atoms. The number of methoxy groups -OCH3 is 1. The Kier molecular flexibility index (Phi) is 2.06. The van der Waals surface area contributed by atoms with Gasteiger partial charge in [-0.3, -0.25) is 0 Å². The van der Waals surface area contributed by atoms with Gasteiger partial charge in [0.25, 0.3) is 0 Å². The Morgan fingerprint density at radius 1 is 1.70 bits per heavy atom. The van der Waals surface area contributed by atoms with E-state index in [1.165, 1.54) is 0 Å². The standard InChI is InChI=1S/C7H11NO2/c1-5-7(4-10-8-5)6(2)9-3/h4,6H,1-3H3. The van der Waals surface area contributed by atoms with E-state index in [1.807, 2.05) is 13.8 Å². The molecule has 0 radical (unpaired) electrons. The SMILES string of the molecule is COC(C)c1conc1C. The molecule has 0 saturated carbocycles. The molecule has 3 nitrogen and oxygen atoms in total. The van der Waals surface area contributed by atoms with Crippen molar-refractivity contribution in [2.45, 2.75) is 20.0 Å². The summed E-state index contributed by atoms with van der Waals surface area (Å²) in [5.41, 5.74) is 1.91. The van der Waals surface area contributed by atoms with Crippen molar-refractivity contribution in [3.8, 4) is 0 Å². The van der Waals surface area contributed by atoms with E-state index in [4.69, 9.17) is 9.26 Å². The molecule has 1 aromatic rings. The molecule has 1 rings (SSSR count). The Labute approximate surface area is 60.0 Å². The number of aromatic nitrogens is 1. The van der Waals surface area contributed by atoms with Gasteiger partial charge in [0.1, 0.15) is 6.26 Å². The molecule has 0 aromatic carbocycles. The van der Waals surface area contributed by atoms with Crippen molar-refractivity contribution in [1.82, 2.24) is 5.16 Å². The second-order valence-electron chi connectivity index (χ2n) is 2.23. The van der Waals surface area contributed by atoms with Gasteiger partial charge in [-0.15, -0.1) is 0 Å². The minimum atomic E-state index is 0.0752. The van der Waals surface area contributed by atoms with Gasteiger partial charge in [0.15, 0.2) is 0 Å². The van der Waals surface area contributed by atoms with Gasteiger partial charge >= 0.3 is 0 Å². The molecule has 1 heterocycles. The van der Waals surface area contributed by atoms with Crippen molar-refractivity contribution in [1.29, 1.82) is 0 Å². The van der Waals surface area contributed by atoms with E-state index < -0.39 is 0 Å². The van der Waals surface area contributed by atoms with Gasteiger partial charge in [-0.05, 0) is 13.8 Å². The summed E-state index contributed by atoms with van der Waals surface area (Å²) in [5, 5.41) is 3.73. The molecule has 3 heteroatoms. The quantitative estimate of drug-likeness (QED) is 0.628. The van der Waals surface area contributed by atoms with Crippen LogP contribution in [0.25, 0.3) is 0 Å². The molecule has 1 atom stereocenters. The molecular formula is C7H11NO2. The van der Waals surface area contributed by atoms with Crippen LogP contribution in [0.3, 0.4) is 0 Å². The van der Waals surface area contributed by atoms with Crippen molar-refractivity contribution >= 4 is 0 Å². The second kappa shape index (κ2) is 2.84. The van der Waals surface area contributed by atoms with Gasteiger partial charge in [0.05, 0.1) is 11.8 Å². The molecule has 0 aliphatic heterocycles. The van der Waals surface area contributed by atoms with E-state index in [2.05, 4.69) is 5.16 Å². The smallest absolute Gasteiger partial charge is 0.129 e. The highest BCUT2D eigenvalue weighted by Crippen LogP contribution is 2.17. The van der Waals surface area contributed by atoms with E-state index >= 15 is 0 Å². The largest absolute Gasteiger partial charge is 0.377 e. The lowest BCUT2D eigenvalue weighted by molar-refractivity contribution is 0.118. The number of hydrogen-bond acceptors (Lipinski definition) is 3. The molecule has 1 unspecified atom stereocenters. The molecule has 0 saturated heterocycles. The molecule has 0 bridgehead atoms. The molecule has 0 N–H and O–H groups in total. The molecular weight excluding hydrogens is 130 g/mol. The lowest BCUT2D eigenvalue weighted by atomic mass is 10.2. The Bertz CT molecular complexity index is 207. The fourth-order valence-corrected chi connectivity index (χ4v) is 0.817. The van der Waals surface area contributed by atoms with Crippen LogP contribution in [0.5, 0.6) is 0 Å².